The van der Waals surface area contributed by atoms with Gasteiger partial charge >= 0.3 is 0 Å². The summed E-state index contributed by atoms with van der Waals surface area (Å²) in [6.07, 6.45) is 2.22. The molecule has 0 saturated heterocycles. The molecular formula is C12H16N8O. The number of fused-ring (bicyclic) bond motifs is 1. The Morgan fingerprint density at radius 3 is 2.90 bits per heavy atom. The van der Waals surface area contributed by atoms with E-state index in [0.29, 0.717) is 42.1 Å². The van der Waals surface area contributed by atoms with Gasteiger partial charge < -0.3 is 20.1 Å². The van der Waals surface area contributed by atoms with E-state index in [-0.39, 0.29) is 0 Å². The number of imidazole rings is 1. The molecule has 0 aliphatic carbocycles. The van der Waals surface area contributed by atoms with Crippen LogP contribution in [0, 0.1) is 6.92 Å². The number of aromatic amines is 1. The van der Waals surface area contributed by atoms with E-state index in [0.717, 1.165) is 12.1 Å². The predicted octanol–water partition coefficient (Wildman–Crippen LogP) is 1.13. The summed E-state index contributed by atoms with van der Waals surface area (Å²) in [6.45, 7) is 5.15. The molecule has 0 aromatic carbocycles. The second kappa shape index (κ2) is 5.73. The maximum atomic E-state index is 5.07. The third kappa shape index (κ3) is 2.91. The molecule has 0 unspecified atom stereocenters. The Kier molecular flexibility index (Phi) is 3.63. The summed E-state index contributed by atoms with van der Waals surface area (Å²) >= 11 is 0. The molecule has 110 valence electrons. The highest BCUT2D eigenvalue weighted by Gasteiger charge is 2.10. The lowest BCUT2D eigenvalue weighted by Gasteiger charge is -2.07. The maximum absolute atomic E-state index is 5.07. The first-order chi connectivity index (χ1) is 10.3. The molecule has 0 spiro atoms. The van der Waals surface area contributed by atoms with Crippen LogP contribution in [0.5, 0.6) is 0 Å². The third-order valence-electron chi connectivity index (χ3n) is 2.82. The van der Waals surface area contributed by atoms with E-state index in [2.05, 4.69) is 40.7 Å². The van der Waals surface area contributed by atoms with E-state index < -0.39 is 0 Å². The number of anilines is 2. The first-order valence-electron chi connectivity index (χ1n) is 6.74. The van der Waals surface area contributed by atoms with Crippen molar-refractivity contribution in [1.82, 2.24) is 30.1 Å². The Morgan fingerprint density at radius 1 is 1.24 bits per heavy atom. The van der Waals surface area contributed by atoms with Crippen molar-refractivity contribution in [1.29, 1.82) is 0 Å². The normalized spacial score (nSPS) is 11.0. The third-order valence-corrected chi connectivity index (χ3v) is 2.82. The van der Waals surface area contributed by atoms with Crippen molar-refractivity contribution in [2.24, 2.45) is 0 Å². The average Bonchev–Trinajstić information content (AvgIpc) is 3.08. The number of rotatable bonds is 6. The topological polar surface area (TPSA) is 117 Å². The number of hydrogen-bond donors (Lipinski definition) is 3. The zero-order valence-corrected chi connectivity index (χ0v) is 11.8. The molecule has 3 aromatic rings. The van der Waals surface area contributed by atoms with Gasteiger partial charge in [0.2, 0.25) is 11.8 Å². The zero-order valence-electron chi connectivity index (χ0n) is 11.8. The summed E-state index contributed by atoms with van der Waals surface area (Å²) in [4.78, 5) is 20.1. The molecule has 3 heterocycles. The molecule has 0 aliphatic heterocycles. The van der Waals surface area contributed by atoms with Crippen LogP contribution in [0.1, 0.15) is 18.6 Å². The van der Waals surface area contributed by atoms with Crippen LogP contribution >= 0.6 is 0 Å². The van der Waals surface area contributed by atoms with Crippen molar-refractivity contribution in [3.8, 4) is 0 Å². The van der Waals surface area contributed by atoms with Gasteiger partial charge in [-0.15, -0.1) is 0 Å². The van der Waals surface area contributed by atoms with Gasteiger partial charge in [0.05, 0.1) is 6.33 Å². The van der Waals surface area contributed by atoms with E-state index in [1.807, 2.05) is 6.92 Å². The van der Waals surface area contributed by atoms with Gasteiger partial charge in [-0.1, -0.05) is 5.16 Å². The van der Waals surface area contributed by atoms with E-state index in [4.69, 9.17) is 4.52 Å². The number of nitrogens with zero attached hydrogens (tertiary/aromatic N) is 5. The van der Waals surface area contributed by atoms with Crippen LogP contribution in [0.4, 0.5) is 11.8 Å². The molecule has 3 rings (SSSR count). The summed E-state index contributed by atoms with van der Waals surface area (Å²) < 4.78 is 5.07. The quantitative estimate of drug-likeness (QED) is 0.618. The van der Waals surface area contributed by atoms with Crippen LogP contribution in [-0.2, 0) is 6.42 Å². The molecule has 0 atom stereocenters. The summed E-state index contributed by atoms with van der Waals surface area (Å²) in [5, 5.41) is 10.1. The van der Waals surface area contributed by atoms with Crippen molar-refractivity contribution in [2.75, 3.05) is 23.7 Å². The fourth-order valence-electron chi connectivity index (χ4n) is 1.93. The zero-order chi connectivity index (χ0) is 14.7. The number of aromatic nitrogens is 6. The van der Waals surface area contributed by atoms with Crippen LogP contribution in [0.2, 0.25) is 0 Å². The highest BCUT2D eigenvalue weighted by Crippen LogP contribution is 2.18. The lowest BCUT2D eigenvalue weighted by atomic mass is 10.4. The number of nitrogens with one attached hydrogen (secondary N) is 3. The van der Waals surface area contributed by atoms with Crippen molar-refractivity contribution in [2.45, 2.75) is 20.3 Å². The van der Waals surface area contributed by atoms with Crippen LogP contribution in [0.3, 0.4) is 0 Å². The second-order valence-electron chi connectivity index (χ2n) is 4.44. The van der Waals surface area contributed by atoms with Crippen molar-refractivity contribution in [3.05, 3.63) is 18.0 Å². The van der Waals surface area contributed by atoms with Gasteiger partial charge in [0.1, 0.15) is 5.52 Å². The van der Waals surface area contributed by atoms with Gasteiger partial charge in [0.25, 0.3) is 0 Å². The molecule has 0 aliphatic rings. The summed E-state index contributed by atoms with van der Waals surface area (Å²) in [5.41, 5.74) is 1.40. The van der Waals surface area contributed by atoms with Gasteiger partial charge in [-0.3, -0.25) is 0 Å². The molecule has 0 bridgehead atoms. The molecule has 0 radical (unpaired) electrons. The van der Waals surface area contributed by atoms with Crippen molar-refractivity contribution >= 4 is 22.9 Å². The van der Waals surface area contributed by atoms with Crippen molar-refractivity contribution < 1.29 is 4.52 Å². The highest BCUT2D eigenvalue weighted by molar-refractivity contribution is 5.83. The number of hydrogen-bond acceptors (Lipinski definition) is 8. The number of H-pyrrole nitrogens is 1. The fraction of sp³-hybridized carbons (Fsp3) is 0.417. The molecule has 0 amide bonds. The standard InChI is InChI=1S/C12H16N8O/c1-3-13-12-18-10(9-11(19-12)16-6-15-9)14-5-4-8-17-7(2)20-21-8/h6H,3-5H2,1-2H3,(H3,13,14,15,16,18,19). The van der Waals surface area contributed by atoms with Crippen molar-refractivity contribution in [3.63, 3.8) is 0 Å². The molecule has 3 N–H and O–H groups in total. The lowest BCUT2D eigenvalue weighted by molar-refractivity contribution is 0.377. The SMILES string of the molecule is CCNc1nc(NCCc2nc(C)no2)c2[nH]cnc2n1. The van der Waals surface area contributed by atoms with E-state index in [1.54, 1.807) is 13.3 Å². The van der Waals surface area contributed by atoms with Gasteiger partial charge in [0.15, 0.2) is 17.3 Å². The van der Waals surface area contributed by atoms with Crippen LogP contribution in [-0.4, -0.2) is 43.2 Å². The molecule has 21 heavy (non-hydrogen) atoms. The van der Waals surface area contributed by atoms with Gasteiger partial charge in [-0.25, -0.2) is 4.98 Å². The minimum absolute atomic E-state index is 0.549. The average molecular weight is 288 g/mol. The highest BCUT2D eigenvalue weighted by atomic mass is 16.5. The molecule has 3 aromatic heterocycles. The van der Waals surface area contributed by atoms with Crippen LogP contribution in [0.25, 0.3) is 11.2 Å². The Bertz CT molecular complexity index is 734. The minimum Gasteiger partial charge on any atom is -0.368 e. The maximum Gasteiger partial charge on any atom is 0.228 e. The largest absolute Gasteiger partial charge is 0.368 e. The molecular weight excluding hydrogens is 272 g/mol. The minimum atomic E-state index is 0.549. The summed E-state index contributed by atoms with van der Waals surface area (Å²) in [7, 11) is 0. The Labute approximate surface area is 120 Å². The first-order valence-corrected chi connectivity index (χ1v) is 6.74. The predicted molar refractivity (Wildman–Crippen MR) is 77.1 cm³/mol. The van der Waals surface area contributed by atoms with Gasteiger partial charge in [0, 0.05) is 19.5 Å². The van der Waals surface area contributed by atoms with E-state index in [9.17, 15) is 0 Å². The summed E-state index contributed by atoms with van der Waals surface area (Å²) in [6, 6.07) is 0. The van der Waals surface area contributed by atoms with Gasteiger partial charge in [-0.2, -0.15) is 15.0 Å². The molecule has 9 heteroatoms. The smallest absolute Gasteiger partial charge is 0.228 e. The first kappa shape index (κ1) is 13.3. The molecule has 0 saturated carbocycles. The Hall–Kier alpha value is -2.71. The Morgan fingerprint density at radius 2 is 2.14 bits per heavy atom. The fourth-order valence-corrected chi connectivity index (χ4v) is 1.93. The molecule has 0 fully saturated rings. The second-order valence-corrected chi connectivity index (χ2v) is 4.44. The lowest BCUT2D eigenvalue weighted by Crippen LogP contribution is -2.10. The van der Waals surface area contributed by atoms with Crippen LogP contribution in [0.15, 0.2) is 10.9 Å². The summed E-state index contributed by atoms with van der Waals surface area (Å²) in [5.74, 6) is 2.48. The monoisotopic (exact) mass is 288 g/mol. The number of aryl methyl sites for hydroxylation is 1. The Balaban J connectivity index is 1.74. The van der Waals surface area contributed by atoms with E-state index in [1.165, 1.54) is 0 Å². The van der Waals surface area contributed by atoms with E-state index >= 15 is 0 Å². The molecule has 9 nitrogen and oxygen atoms in total. The van der Waals surface area contributed by atoms with Gasteiger partial charge in [-0.05, 0) is 13.8 Å². The van der Waals surface area contributed by atoms with Crippen LogP contribution < -0.4 is 10.6 Å².